The molecule has 86 valence electrons. The Kier molecular flexibility index (Phi) is 5.56. The van der Waals surface area contributed by atoms with E-state index in [4.69, 9.17) is 0 Å². The second-order valence-corrected chi connectivity index (χ2v) is 6.61. The van der Waals surface area contributed by atoms with Crippen molar-refractivity contribution in [3.05, 3.63) is 5.51 Å². The van der Waals surface area contributed by atoms with Gasteiger partial charge in [-0.1, -0.05) is 23.1 Å². The minimum atomic E-state index is 0.242. The summed E-state index contributed by atoms with van der Waals surface area (Å²) in [5.41, 5.74) is 2.02. The predicted molar refractivity (Wildman–Crippen MR) is 67.6 cm³/mol. The lowest BCUT2D eigenvalue weighted by Gasteiger charge is -2.20. The molecule has 0 bridgehead atoms. The normalized spacial score (nSPS) is 11.9. The Hall–Kier alpha value is -0.130. The van der Waals surface area contributed by atoms with Crippen LogP contribution in [0.15, 0.2) is 9.85 Å². The van der Waals surface area contributed by atoms with Gasteiger partial charge in [0, 0.05) is 11.3 Å². The first-order valence-electron chi connectivity index (χ1n) is 5.22. The Morgan fingerprint density at radius 1 is 1.40 bits per heavy atom. The maximum absolute atomic E-state index is 3.99. The van der Waals surface area contributed by atoms with Crippen LogP contribution in [-0.4, -0.2) is 28.0 Å². The maximum atomic E-state index is 3.99. The lowest BCUT2D eigenvalue weighted by atomic mass is 10.1. The van der Waals surface area contributed by atoms with Gasteiger partial charge >= 0.3 is 0 Å². The fourth-order valence-corrected chi connectivity index (χ4v) is 2.63. The molecule has 0 aliphatic rings. The number of rotatable bonds is 6. The van der Waals surface area contributed by atoms with Gasteiger partial charge in [-0.25, -0.2) is 0 Å². The van der Waals surface area contributed by atoms with Crippen molar-refractivity contribution in [3.8, 4) is 0 Å². The van der Waals surface area contributed by atoms with Crippen LogP contribution in [0, 0.1) is 0 Å². The van der Waals surface area contributed by atoms with Crippen LogP contribution in [0.25, 0.3) is 0 Å². The summed E-state index contributed by atoms with van der Waals surface area (Å²) < 4.78 is 1.08. The van der Waals surface area contributed by atoms with Gasteiger partial charge in [0.25, 0.3) is 0 Å². The van der Waals surface area contributed by atoms with E-state index in [0.717, 1.165) is 16.6 Å². The van der Waals surface area contributed by atoms with E-state index in [0.29, 0.717) is 0 Å². The fourth-order valence-electron chi connectivity index (χ4n) is 1.08. The minimum Gasteiger partial charge on any atom is -0.312 e. The number of thioether (sulfide) groups is 1. The Bertz CT molecular complexity index is 254. The molecule has 1 aromatic heterocycles. The van der Waals surface area contributed by atoms with Crippen molar-refractivity contribution in [1.29, 1.82) is 0 Å². The zero-order valence-corrected chi connectivity index (χ0v) is 11.2. The molecule has 15 heavy (non-hydrogen) atoms. The van der Waals surface area contributed by atoms with Crippen LogP contribution >= 0.6 is 23.1 Å². The molecule has 0 amide bonds. The monoisotopic (exact) mass is 245 g/mol. The van der Waals surface area contributed by atoms with Gasteiger partial charge in [-0.05, 0) is 40.2 Å². The SMILES string of the molecule is CC(C)(C)NCCCCSc1nncs1. The molecule has 1 heterocycles. The van der Waals surface area contributed by atoms with Crippen LogP contribution in [0.5, 0.6) is 0 Å². The zero-order valence-electron chi connectivity index (χ0n) is 9.62. The maximum Gasteiger partial charge on any atom is 0.174 e. The second kappa shape index (κ2) is 6.45. The van der Waals surface area contributed by atoms with Crippen LogP contribution in [0.3, 0.4) is 0 Å². The topological polar surface area (TPSA) is 37.8 Å². The fraction of sp³-hybridized carbons (Fsp3) is 0.800. The summed E-state index contributed by atoms with van der Waals surface area (Å²) in [5, 5.41) is 11.3. The third-order valence-electron chi connectivity index (χ3n) is 1.79. The number of unbranched alkanes of at least 4 members (excludes halogenated alkanes) is 1. The van der Waals surface area contributed by atoms with E-state index in [1.165, 1.54) is 12.8 Å². The van der Waals surface area contributed by atoms with E-state index in [1.807, 2.05) is 0 Å². The molecule has 0 atom stereocenters. The van der Waals surface area contributed by atoms with E-state index in [2.05, 4.69) is 36.3 Å². The predicted octanol–water partition coefficient (Wildman–Crippen LogP) is 2.80. The van der Waals surface area contributed by atoms with Gasteiger partial charge in [-0.15, -0.1) is 10.2 Å². The second-order valence-electron chi connectivity index (χ2n) is 4.44. The summed E-state index contributed by atoms with van der Waals surface area (Å²) >= 11 is 3.42. The third kappa shape index (κ3) is 6.87. The van der Waals surface area contributed by atoms with Crippen molar-refractivity contribution >= 4 is 23.1 Å². The van der Waals surface area contributed by atoms with Crippen molar-refractivity contribution in [2.45, 2.75) is 43.5 Å². The molecule has 1 N–H and O–H groups in total. The first-order chi connectivity index (χ1) is 7.08. The van der Waals surface area contributed by atoms with Gasteiger partial charge in [-0.3, -0.25) is 0 Å². The van der Waals surface area contributed by atoms with Crippen molar-refractivity contribution in [1.82, 2.24) is 15.5 Å². The molecular formula is C10H19N3S2. The molecule has 3 nitrogen and oxygen atoms in total. The van der Waals surface area contributed by atoms with Gasteiger partial charge in [0.05, 0.1) is 0 Å². The average Bonchev–Trinajstić information content (AvgIpc) is 2.61. The molecule has 0 aliphatic carbocycles. The number of nitrogens with one attached hydrogen (secondary N) is 1. The Labute approximate surface area is 100 Å². The van der Waals surface area contributed by atoms with Crippen molar-refractivity contribution in [2.75, 3.05) is 12.3 Å². The minimum absolute atomic E-state index is 0.242. The quantitative estimate of drug-likeness (QED) is 0.618. The summed E-state index contributed by atoms with van der Waals surface area (Å²) in [4.78, 5) is 0. The standard InChI is InChI=1S/C10H19N3S2/c1-10(2,3)11-6-4-5-7-14-9-13-12-8-15-9/h8,11H,4-7H2,1-3H3. The lowest BCUT2D eigenvalue weighted by molar-refractivity contribution is 0.421. The molecule has 1 aromatic rings. The van der Waals surface area contributed by atoms with Crippen LogP contribution in [0.1, 0.15) is 33.6 Å². The van der Waals surface area contributed by atoms with Crippen LogP contribution in [0.4, 0.5) is 0 Å². The highest BCUT2D eigenvalue weighted by molar-refractivity contribution is 8.00. The van der Waals surface area contributed by atoms with E-state index in [9.17, 15) is 0 Å². The van der Waals surface area contributed by atoms with Gasteiger partial charge in [0.1, 0.15) is 5.51 Å². The summed E-state index contributed by atoms with van der Waals surface area (Å²) in [6.45, 7) is 7.69. The summed E-state index contributed by atoms with van der Waals surface area (Å²) in [7, 11) is 0. The summed E-state index contributed by atoms with van der Waals surface area (Å²) in [6, 6.07) is 0. The number of aromatic nitrogens is 2. The van der Waals surface area contributed by atoms with Crippen LogP contribution in [0.2, 0.25) is 0 Å². The highest BCUT2D eigenvalue weighted by atomic mass is 32.2. The molecule has 1 rings (SSSR count). The Morgan fingerprint density at radius 2 is 2.20 bits per heavy atom. The van der Waals surface area contributed by atoms with Gasteiger partial charge in [0.2, 0.25) is 0 Å². The molecule has 0 fully saturated rings. The highest BCUT2D eigenvalue weighted by Gasteiger charge is 2.06. The molecule has 0 saturated heterocycles. The van der Waals surface area contributed by atoms with Gasteiger partial charge < -0.3 is 5.32 Å². The van der Waals surface area contributed by atoms with Crippen molar-refractivity contribution in [3.63, 3.8) is 0 Å². The smallest absolute Gasteiger partial charge is 0.174 e. The van der Waals surface area contributed by atoms with Crippen LogP contribution < -0.4 is 5.32 Å². The average molecular weight is 245 g/mol. The van der Waals surface area contributed by atoms with E-state index in [1.54, 1.807) is 28.6 Å². The van der Waals surface area contributed by atoms with E-state index >= 15 is 0 Å². The number of nitrogens with zero attached hydrogens (tertiary/aromatic N) is 2. The molecule has 0 aliphatic heterocycles. The molecule has 0 saturated carbocycles. The molecule has 5 heteroatoms. The Morgan fingerprint density at radius 3 is 2.80 bits per heavy atom. The van der Waals surface area contributed by atoms with Crippen molar-refractivity contribution in [2.24, 2.45) is 0 Å². The molecule has 0 spiro atoms. The zero-order chi connectivity index (χ0) is 11.1. The van der Waals surface area contributed by atoms with E-state index in [-0.39, 0.29) is 5.54 Å². The number of hydrogen-bond donors (Lipinski definition) is 1. The lowest BCUT2D eigenvalue weighted by Crippen LogP contribution is -2.36. The first-order valence-corrected chi connectivity index (χ1v) is 7.08. The Balaban J connectivity index is 1.94. The molecular weight excluding hydrogens is 226 g/mol. The molecule has 0 aromatic carbocycles. The first kappa shape index (κ1) is 12.9. The summed E-state index contributed by atoms with van der Waals surface area (Å²) in [5.74, 6) is 1.14. The highest BCUT2D eigenvalue weighted by Crippen LogP contribution is 2.19. The van der Waals surface area contributed by atoms with Crippen LogP contribution in [-0.2, 0) is 0 Å². The number of hydrogen-bond acceptors (Lipinski definition) is 5. The third-order valence-corrected chi connectivity index (χ3v) is 3.74. The van der Waals surface area contributed by atoms with Gasteiger partial charge in [-0.2, -0.15) is 0 Å². The van der Waals surface area contributed by atoms with E-state index < -0.39 is 0 Å². The molecule has 0 unspecified atom stereocenters. The largest absolute Gasteiger partial charge is 0.312 e. The molecule has 0 radical (unpaired) electrons. The van der Waals surface area contributed by atoms with Crippen molar-refractivity contribution < 1.29 is 0 Å². The van der Waals surface area contributed by atoms with Gasteiger partial charge in [0.15, 0.2) is 4.34 Å². The summed E-state index contributed by atoms with van der Waals surface area (Å²) in [6.07, 6.45) is 2.45.